The lowest BCUT2D eigenvalue weighted by Crippen LogP contribution is -2.39. The maximum absolute atomic E-state index is 13.8. The van der Waals surface area contributed by atoms with Gasteiger partial charge in [-0.1, -0.05) is 29.8 Å². The minimum atomic E-state index is -0.143. The summed E-state index contributed by atoms with van der Waals surface area (Å²) in [6.07, 6.45) is 8.60. The van der Waals surface area contributed by atoms with Gasteiger partial charge in [0.1, 0.15) is 5.82 Å². The van der Waals surface area contributed by atoms with Gasteiger partial charge in [-0.05, 0) is 74.9 Å². The number of fused-ring (bicyclic) bond motifs is 1. The van der Waals surface area contributed by atoms with E-state index in [9.17, 15) is 9.59 Å². The molecule has 198 valence electrons. The molecule has 0 unspecified atom stereocenters. The molecule has 1 aliphatic carbocycles. The van der Waals surface area contributed by atoms with Crippen molar-refractivity contribution in [3.05, 3.63) is 100.0 Å². The van der Waals surface area contributed by atoms with Crippen molar-refractivity contribution in [1.82, 2.24) is 34.2 Å². The third kappa shape index (κ3) is 4.97. The predicted molar refractivity (Wildman–Crippen MR) is 150 cm³/mol. The maximum Gasteiger partial charge on any atom is 0.334 e. The van der Waals surface area contributed by atoms with E-state index < -0.39 is 0 Å². The summed E-state index contributed by atoms with van der Waals surface area (Å²) in [7, 11) is 0. The Balaban J connectivity index is 1.20. The van der Waals surface area contributed by atoms with Gasteiger partial charge < -0.3 is 5.32 Å². The molecule has 10 heteroatoms. The summed E-state index contributed by atoms with van der Waals surface area (Å²) in [4.78, 5) is 35.5. The summed E-state index contributed by atoms with van der Waals surface area (Å²) in [6, 6.07) is 17.0. The van der Waals surface area contributed by atoms with E-state index in [1.54, 1.807) is 34.6 Å². The molecule has 1 fully saturated rings. The first-order chi connectivity index (χ1) is 19.0. The molecule has 1 saturated carbocycles. The van der Waals surface area contributed by atoms with Crippen molar-refractivity contribution in [3.63, 3.8) is 0 Å². The number of para-hydroxylation sites is 2. The molecule has 0 aliphatic heterocycles. The smallest absolute Gasteiger partial charge is 0.334 e. The van der Waals surface area contributed by atoms with Crippen molar-refractivity contribution in [2.75, 3.05) is 0 Å². The SMILES string of the molecule is Cc1ncc(Cl)cc1C(=O)NC1CCC(Cn2c(=O)n(-c3cccc(-n4cccn4)n3)c3ccccc32)CC1. The molecule has 0 saturated heterocycles. The van der Waals surface area contributed by atoms with E-state index >= 15 is 0 Å². The molecule has 9 nitrogen and oxygen atoms in total. The number of benzene rings is 1. The quantitative estimate of drug-likeness (QED) is 0.335. The summed E-state index contributed by atoms with van der Waals surface area (Å²) in [5, 5.41) is 7.86. The lowest BCUT2D eigenvalue weighted by atomic mass is 9.85. The van der Waals surface area contributed by atoms with E-state index in [2.05, 4.69) is 15.4 Å². The van der Waals surface area contributed by atoms with Crippen LogP contribution in [0.3, 0.4) is 0 Å². The van der Waals surface area contributed by atoms with E-state index in [1.165, 1.54) is 0 Å². The van der Waals surface area contributed by atoms with Crippen molar-refractivity contribution >= 4 is 28.5 Å². The van der Waals surface area contributed by atoms with Crippen molar-refractivity contribution in [3.8, 4) is 11.6 Å². The topological polar surface area (TPSA) is 99.6 Å². The van der Waals surface area contributed by atoms with Gasteiger partial charge in [0, 0.05) is 31.2 Å². The molecule has 1 aromatic carbocycles. The number of carbonyl (C=O) groups excluding carboxylic acids is 1. The highest BCUT2D eigenvalue weighted by Gasteiger charge is 2.26. The van der Waals surface area contributed by atoms with E-state index in [-0.39, 0.29) is 17.6 Å². The highest BCUT2D eigenvalue weighted by molar-refractivity contribution is 6.30. The fourth-order valence-corrected chi connectivity index (χ4v) is 5.58. The molecular weight excluding hydrogens is 514 g/mol. The van der Waals surface area contributed by atoms with Crippen LogP contribution in [0.2, 0.25) is 5.02 Å². The first kappa shape index (κ1) is 25.1. The number of nitrogens with one attached hydrogen (secondary N) is 1. The Bertz CT molecular complexity index is 1700. The molecule has 39 heavy (non-hydrogen) atoms. The van der Waals surface area contributed by atoms with Gasteiger partial charge >= 0.3 is 5.69 Å². The van der Waals surface area contributed by atoms with Crippen LogP contribution in [-0.2, 0) is 6.54 Å². The molecule has 0 spiro atoms. The van der Waals surface area contributed by atoms with Crippen molar-refractivity contribution in [1.29, 1.82) is 0 Å². The Morgan fingerprint density at radius 3 is 2.56 bits per heavy atom. The summed E-state index contributed by atoms with van der Waals surface area (Å²) in [5.74, 6) is 1.38. The number of aryl methyl sites for hydroxylation is 1. The van der Waals surface area contributed by atoms with Crippen LogP contribution in [-0.4, -0.2) is 40.8 Å². The summed E-state index contributed by atoms with van der Waals surface area (Å²) < 4.78 is 5.22. The standard InChI is InChI=1S/C29H28ClN7O2/c1-19-23(16-21(30)17-31-19)28(38)33-22-12-10-20(11-13-22)18-35-24-6-2-3-7-25(24)37(29(35)39)27-9-4-8-26(34-27)36-15-5-14-32-36/h2-9,14-17,20,22H,10-13,18H2,1H3,(H,33,38). The molecule has 0 bridgehead atoms. The first-order valence-electron chi connectivity index (χ1n) is 13.1. The minimum Gasteiger partial charge on any atom is -0.349 e. The van der Waals surface area contributed by atoms with Gasteiger partial charge in [-0.3, -0.25) is 14.3 Å². The largest absolute Gasteiger partial charge is 0.349 e. The fraction of sp³-hybridized carbons (Fsp3) is 0.276. The number of aromatic nitrogens is 6. The second kappa shape index (κ2) is 10.5. The van der Waals surface area contributed by atoms with Crippen molar-refractivity contribution in [2.45, 2.75) is 45.2 Å². The third-order valence-electron chi connectivity index (χ3n) is 7.44. The lowest BCUT2D eigenvalue weighted by Gasteiger charge is -2.29. The van der Waals surface area contributed by atoms with E-state index in [0.29, 0.717) is 40.4 Å². The number of imidazole rings is 1. The number of hydrogen-bond donors (Lipinski definition) is 1. The van der Waals surface area contributed by atoms with Crippen LogP contribution in [0, 0.1) is 12.8 Å². The number of amides is 1. The number of pyridine rings is 2. The highest BCUT2D eigenvalue weighted by atomic mass is 35.5. The Hall–Kier alpha value is -4.24. The molecule has 1 N–H and O–H groups in total. The zero-order valence-electron chi connectivity index (χ0n) is 21.5. The summed E-state index contributed by atoms with van der Waals surface area (Å²) >= 11 is 6.05. The Labute approximate surface area is 230 Å². The second-order valence-electron chi connectivity index (χ2n) is 10.00. The highest BCUT2D eigenvalue weighted by Crippen LogP contribution is 2.28. The number of rotatable bonds is 6. The Kier molecular flexibility index (Phi) is 6.74. The van der Waals surface area contributed by atoms with Gasteiger partial charge in [-0.15, -0.1) is 0 Å². The molecule has 5 aromatic rings. The Morgan fingerprint density at radius 1 is 1.03 bits per heavy atom. The maximum atomic E-state index is 13.8. The first-order valence-corrected chi connectivity index (χ1v) is 13.5. The van der Waals surface area contributed by atoms with Crippen LogP contribution in [0.15, 0.2) is 78.0 Å². The van der Waals surface area contributed by atoms with Crippen molar-refractivity contribution < 1.29 is 4.79 Å². The molecule has 6 rings (SSSR count). The average molecular weight is 542 g/mol. The van der Waals surface area contributed by atoms with E-state index in [4.69, 9.17) is 16.6 Å². The van der Waals surface area contributed by atoms with Crippen molar-refractivity contribution in [2.24, 2.45) is 5.92 Å². The molecule has 0 atom stereocenters. The summed E-state index contributed by atoms with van der Waals surface area (Å²) in [6.45, 7) is 2.42. The Morgan fingerprint density at radius 2 is 1.79 bits per heavy atom. The monoisotopic (exact) mass is 541 g/mol. The zero-order chi connectivity index (χ0) is 26.9. The molecule has 4 aromatic heterocycles. The van der Waals surface area contributed by atoms with Gasteiger partial charge in [-0.25, -0.2) is 19.0 Å². The molecule has 1 aliphatic rings. The normalized spacial score (nSPS) is 17.4. The second-order valence-corrected chi connectivity index (χ2v) is 10.4. The zero-order valence-corrected chi connectivity index (χ0v) is 22.3. The van der Waals surface area contributed by atoms with Crippen LogP contribution >= 0.6 is 11.6 Å². The van der Waals surface area contributed by atoms with Crippen LogP contribution < -0.4 is 11.0 Å². The van der Waals surface area contributed by atoms with E-state index in [0.717, 1.165) is 36.7 Å². The molecule has 1 amide bonds. The van der Waals surface area contributed by atoms with Gasteiger partial charge in [-0.2, -0.15) is 5.10 Å². The van der Waals surface area contributed by atoms with Crippen LogP contribution in [0.25, 0.3) is 22.7 Å². The van der Waals surface area contributed by atoms with Crippen LogP contribution in [0.1, 0.15) is 41.7 Å². The van der Waals surface area contributed by atoms with Gasteiger partial charge in [0.2, 0.25) is 0 Å². The molecule has 0 radical (unpaired) electrons. The van der Waals surface area contributed by atoms with Crippen LogP contribution in [0.5, 0.6) is 0 Å². The van der Waals surface area contributed by atoms with E-state index in [1.807, 2.05) is 59.3 Å². The summed E-state index contributed by atoms with van der Waals surface area (Å²) in [5.41, 5.74) is 2.76. The minimum absolute atomic E-state index is 0.0828. The predicted octanol–water partition coefficient (Wildman–Crippen LogP) is 4.72. The number of halogens is 1. The van der Waals surface area contributed by atoms with Gasteiger partial charge in [0.15, 0.2) is 5.82 Å². The van der Waals surface area contributed by atoms with Crippen LogP contribution in [0.4, 0.5) is 0 Å². The van der Waals surface area contributed by atoms with Gasteiger partial charge in [0.25, 0.3) is 5.91 Å². The average Bonchev–Trinajstić information content (AvgIpc) is 3.58. The lowest BCUT2D eigenvalue weighted by molar-refractivity contribution is 0.0919. The third-order valence-corrected chi connectivity index (χ3v) is 7.65. The molecule has 4 heterocycles. The van der Waals surface area contributed by atoms with Gasteiger partial charge in [0.05, 0.1) is 27.3 Å². The number of nitrogens with zero attached hydrogens (tertiary/aromatic N) is 6. The fourth-order valence-electron chi connectivity index (χ4n) is 5.42. The number of hydrogen-bond acceptors (Lipinski definition) is 5. The number of carbonyl (C=O) groups is 1. The molecular formula is C29H28ClN7O2.